The number of amides is 3. The zero-order valence-electron chi connectivity index (χ0n) is 20.4. The molecule has 3 aromatic rings. The molecular weight excluding hydrogens is 496 g/mol. The Morgan fingerprint density at radius 2 is 1.86 bits per heavy atom. The third-order valence-corrected chi connectivity index (χ3v) is 6.59. The van der Waals surface area contributed by atoms with Gasteiger partial charge in [0.15, 0.2) is 0 Å². The fourth-order valence-electron chi connectivity index (χ4n) is 4.00. The maximum absolute atomic E-state index is 13.0. The van der Waals surface area contributed by atoms with E-state index < -0.39 is 28.5 Å². The Labute approximate surface area is 217 Å². The lowest BCUT2D eigenvalue weighted by Crippen LogP contribution is -2.36. The first-order valence-corrected chi connectivity index (χ1v) is 12.2. The smallest absolute Gasteiger partial charge is 0.294 e. The number of nitrogens with zero attached hydrogens (tertiary/aromatic N) is 3. The van der Waals surface area contributed by atoms with Crippen LogP contribution in [0.5, 0.6) is 5.75 Å². The molecule has 1 aliphatic rings. The topological polar surface area (TPSA) is 124 Å². The molecule has 1 aromatic heterocycles. The lowest BCUT2D eigenvalue weighted by molar-refractivity contribution is -0.384. The molecule has 11 heteroatoms. The molecule has 3 amide bonds. The Hall–Kier alpha value is -4.38. The zero-order valence-corrected chi connectivity index (χ0v) is 21.2. The van der Waals surface area contributed by atoms with Gasteiger partial charge < -0.3 is 14.6 Å². The number of aromatic nitrogens is 1. The Morgan fingerprint density at radius 1 is 1.14 bits per heavy atom. The number of carbonyl (C=O) groups is 3. The number of anilines is 1. The number of benzene rings is 2. The van der Waals surface area contributed by atoms with Gasteiger partial charge in [0.2, 0.25) is 5.91 Å². The highest BCUT2D eigenvalue weighted by atomic mass is 32.2. The van der Waals surface area contributed by atoms with Crippen LogP contribution >= 0.6 is 11.8 Å². The molecule has 0 saturated carbocycles. The van der Waals surface area contributed by atoms with Gasteiger partial charge >= 0.3 is 0 Å². The van der Waals surface area contributed by atoms with Crippen LogP contribution in [0.15, 0.2) is 59.5 Å². The van der Waals surface area contributed by atoms with Crippen LogP contribution < -0.4 is 10.1 Å². The van der Waals surface area contributed by atoms with Crippen LogP contribution in [0.4, 0.5) is 16.2 Å². The number of non-ortho nitro benzene ring substituents is 1. The second kappa shape index (κ2) is 10.7. The Bertz CT molecular complexity index is 1430. The average molecular weight is 521 g/mol. The number of carbonyl (C=O) groups excluding carboxylic acids is 3. The monoisotopic (exact) mass is 520 g/mol. The quantitative estimate of drug-likeness (QED) is 0.250. The van der Waals surface area contributed by atoms with Gasteiger partial charge in [-0.1, -0.05) is 6.07 Å². The highest BCUT2D eigenvalue weighted by Gasteiger charge is 2.36. The second-order valence-corrected chi connectivity index (χ2v) is 9.21. The van der Waals surface area contributed by atoms with Crippen molar-refractivity contribution in [1.29, 1.82) is 0 Å². The molecule has 2 aromatic carbocycles. The SMILES string of the molecule is CCOc1ccc(NC(=O)CN2C(=O)S/C(=C/c3cc(C)n(-c4cccc([N+](=O)[O-])c4)c3C)C2=O)cc1. The number of hydrogen-bond acceptors (Lipinski definition) is 7. The van der Waals surface area contributed by atoms with E-state index in [1.807, 2.05) is 31.4 Å². The van der Waals surface area contributed by atoms with E-state index in [9.17, 15) is 24.5 Å². The van der Waals surface area contributed by atoms with Gasteiger partial charge in [-0.15, -0.1) is 0 Å². The predicted molar refractivity (Wildman–Crippen MR) is 141 cm³/mol. The van der Waals surface area contributed by atoms with Crippen molar-refractivity contribution in [3.63, 3.8) is 0 Å². The van der Waals surface area contributed by atoms with E-state index in [4.69, 9.17) is 4.74 Å². The van der Waals surface area contributed by atoms with E-state index in [-0.39, 0.29) is 10.6 Å². The highest BCUT2D eigenvalue weighted by molar-refractivity contribution is 8.18. The summed E-state index contributed by atoms with van der Waals surface area (Å²) in [5, 5.41) is 13.3. The van der Waals surface area contributed by atoms with Crippen molar-refractivity contribution in [2.75, 3.05) is 18.5 Å². The van der Waals surface area contributed by atoms with Gasteiger partial charge in [-0.05, 0) is 80.6 Å². The Balaban J connectivity index is 1.50. The van der Waals surface area contributed by atoms with Crippen LogP contribution in [0, 0.1) is 24.0 Å². The van der Waals surface area contributed by atoms with E-state index in [0.717, 1.165) is 28.0 Å². The third kappa shape index (κ3) is 5.56. The summed E-state index contributed by atoms with van der Waals surface area (Å²) < 4.78 is 7.21. The van der Waals surface area contributed by atoms with E-state index >= 15 is 0 Å². The molecule has 2 heterocycles. The van der Waals surface area contributed by atoms with E-state index in [1.54, 1.807) is 42.5 Å². The number of nitrogens with one attached hydrogen (secondary N) is 1. The van der Waals surface area contributed by atoms with Crippen molar-refractivity contribution in [1.82, 2.24) is 9.47 Å². The standard InChI is InChI=1S/C26H24N4O6S/c1-4-36-22-10-8-19(9-11-22)27-24(31)15-28-25(32)23(37-26(28)33)13-18-12-16(2)29(17(18)3)20-6-5-7-21(14-20)30(34)35/h5-14H,4,15H2,1-3H3,(H,27,31)/b23-13+. The molecule has 1 fully saturated rings. The van der Waals surface area contributed by atoms with E-state index in [0.29, 0.717) is 29.3 Å². The molecule has 1 aliphatic heterocycles. The fraction of sp³-hybridized carbons (Fsp3) is 0.192. The maximum atomic E-state index is 13.0. The van der Waals surface area contributed by atoms with Crippen molar-refractivity contribution >= 4 is 46.3 Å². The lowest BCUT2D eigenvalue weighted by atomic mass is 10.2. The van der Waals surface area contributed by atoms with Gasteiger partial charge in [0, 0.05) is 29.2 Å². The zero-order chi connectivity index (χ0) is 26.7. The van der Waals surface area contributed by atoms with Crippen LogP contribution in [-0.2, 0) is 9.59 Å². The molecule has 190 valence electrons. The molecule has 0 unspecified atom stereocenters. The number of nitro benzene ring substituents is 1. The summed E-state index contributed by atoms with van der Waals surface area (Å²) in [6.07, 6.45) is 1.60. The highest BCUT2D eigenvalue weighted by Crippen LogP contribution is 2.34. The van der Waals surface area contributed by atoms with Gasteiger partial charge in [0.25, 0.3) is 16.8 Å². The average Bonchev–Trinajstić information content (AvgIpc) is 3.29. The molecule has 0 spiro atoms. The lowest BCUT2D eigenvalue weighted by Gasteiger charge is -2.12. The van der Waals surface area contributed by atoms with Crippen LogP contribution in [0.1, 0.15) is 23.9 Å². The molecule has 0 atom stereocenters. The van der Waals surface area contributed by atoms with E-state index in [1.165, 1.54) is 12.1 Å². The van der Waals surface area contributed by atoms with Crippen LogP contribution in [0.2, 0.25) is 0 Å². The minimum Gasteiger partial charge on any atom is -0.494 e. The number of rotatable bonds is 8. The number of aryl methyl sites for hydroxylation is 1. The summed E-state index contributed by atoms with van der Waals surface area (Å²) in [6.45, 7) is 5.65. The number of ether oxygens (including phenoxy) is 1. The number of hydrogen-bond donors (Lipinski definition) is 1. The van der Waals surface area contributed by atoms with Crippen molar-refractivity contribution in [3.05, 3.63) is 86.6 Å². The van der Waals surface area contributed by atoms with Gasteiger partial charge in [-0.2, -0.15) is 0 Å². The fourth-order valence-corrected chi connectivity index (χ4v) is 4.83. The summed E-state index contributed by atoms with van der Waals surface area (Å²) >= 11 is 0.762. The molecule has 0 radical (unpaired) electrons. The van der Waals surface area contributed by atoms with Gasteiger partial charge in [0.05, 0.1) is 22.1 Å². The summed E-state index contributed by atoms with van der Waals surface area (Å²) in [5.74, 6) is -0.394. The van der Waals surface area contributed by atoms with Gasteiger partial charge in [-0.25, -0.2) is 0 Å². The minimum absolute atomic E-state index is 0.0313. The normalized spacial score (nSPS) is 14.4. The number of imide groups is 1. The summed E-state index contributed by atoms with van der Waals surface area (Å²) in [7, 11) is 0. The maximum Gasteiger partial charge on any atom is 0.294 e. The second-order valence-electron chi connectivity index (χ2n) is 8.21. The molecule has 4 rings (SSSR count). The summed E-state index contributed by atoms with van der Waals surface area (Å²) in [5.41, 5.74) is 3.34. The van der Waals surface area contributed by atoms with Crippen molar-refractivity contribution in [3.8, 4) is 11.4 Å². The van der Waals surface area contributed by atoms with Gasteiger partial charge in [-0.3, -0.25) is 29.4 Å². The number of thioether (sulfide) groups is 1. The molecule has 37 heavy (non-hydrogen) atoms. The molecule has 10 nitrogen and oxygen atoms in total. The van der Waals surface area contributed by atoms with Crippen molar-refractivity contribution in [2.24, 2.45) is 0 Å². The Kier molecular flexibility index (Phi) is 7.44. The first kappa shape index (κ1) is 25.7. The van der Waals surface area contributed by atoms with Crippen molar-refractivity contribution in [2.45, 2.75) is 20.8 Å². The van der Waals surface area contributed by atoms with Gasteiger partial charge in [0.1, 0.15) is 12.3 Å². The first-order chi connectivity index (χ1) is 17.7. The first-order valence-electron chi connectivity index (χ1n) is 11.4. The molecule has 0 bridgehead atoms. The van der Waals surface area contributed by atoms with Crippen LogP contribution in [-0.4, -0.2) is 44.6 Å². The third-order valence-electron chi connectivity index (χ3n) is 5.68. The van der Waals surface area contributed by atoms with E-state index in [2.05, 4.69) is 5.32 Å². The predicted octanol–water partition coefficient (Wildman–Crippen LogP) is 5.08. The summed E-state index contributed by atoms with van der Waals surface area (Å²) in [4.78, 5) is 49.8. The van der Waals surface area contributed by atoms with Crippen LogP contribution in [0.3, 0.4) is 0 Å². The molecule has 1 N–H and O–H groups in total. The minimum atomic E-state index is -0.558. The number of nitro groups is 1. The molecule has 1 saturated heterocycles. The Morgan fingerprint density at radius 3 is 2.54 bits per heavy atom. The van der Waals surface area contributed by atoms with Crippen LogP contribution in [0.25, 0.3) is 11.8 Å². The summed E-state index contributed by atoms with van der Waals surface area (Å²) in [6, 6.07) is 14.9. The van der Waals surface area contributed by atoms with Crippen molar-refractivity contribution < 1.29 is 24.0 Å². The molecule has 0 aliphatic carbocycles. The largest absolute Gasteiger partial charge is 0.494 e. The molecular formula is C26H24N4O6S.